The summed E-state index contributed by atoms with van der Waals surface area (Å²) in [5.41, 5.74) is 4.91. The van der Waals surface area contributed by atoms with Crippen molar-refractivity contribution in [1.29, 1.82) is 0 Å². The van der Waals surface area contributed by atoms with E-state index in [1.165, 1.54) is 12.1 Å². The number of anilines is 1. The van der Waals surface area contributed by atoms with Crippen LogP contribution in [0.2, 0.25) is 0 Å². The van der Waals surface area contributed by atoms with Gasteiger partial charge in [-0.3, -0.25) is 9.88 Å². The van der Waals surface area contributed by atoms with Crippen LogP contribution in [0.4, 0.5) is 49.9 Å². The predicted octanol–water partition coefficient (Wildman–Crippen LogP) is 5.32. The van der Waals surface area contributed by atoms with E-state index in [1.54, 1.807) is 12.1 Å². The molecule has 2 aliphatic rings. The molecule has 12 nitrogen and oxygen atoms in total. The maximum Gasteiger partial charge on any atom is 0.490 e. The van der Waals surface area contributed by atoms with E-state index in [0.29, 0.717) is 13.2 Å². The minimum Gasteiger partial charge on any atom is -0.475 e. The first kappa shape index (κ1) is 43.0. The zero-order chi connectivity index (χ0) is 39.7. The molecule has 3 aromatic rings. The van der Waals surface area contributed by atoms with Crippen molar-refractivity contribution in [2.45, 2.75) is 43.5 Å². The topological polar surface area (TPSA) is 166 Å². The normalized spacial score (nSPS) is 16.9. The monoisotopic (exact) mass is 761 g/mol. The van der Waals surface area contributed by atoms with Crippen LogP contribution in [0.1, 0.15) is 23.4 Å². The molecule has 4 heterocycles. The smallest absolute Gasteiger partial charge is 0.475 e. The summed E-state index contributed by atoms with van der Waals surface area (Å²) in [5, 5.41) is 21.4. The van der Waals surface area contributed by atoms with E-state index >= 15 is 0 Å². The Kier molecular flexibility index (Phi) is 14.4. The number of halogens is 10. The molecule has 0 aliphatic carbocycles. The molecule has 1 fully saturated rings. The number of benzene rings is 1. The zero-order valence-corrected chi connectivity index (χ0v) is 26.9. The summed E-state index contributed by atoms with van der Waals surface area (Å²) in [5.74, 6) is -7.77. The van der Waals surface area contributed by atoms with E-state index in [9.17, 15) is 43.9 Å². The molecular formula is C30H29F10N5O7. The number of carboxylic acid groups (broad SMARTS) is 3. The number of fused-ring (bicyclic) bond motifs is 2. The first-order valence-corrected chi connectivity index (χ1v) is 14.3. The summed E-state index contributed by atoms with van der Waals surface area (Å²) < 4.78 is 114. The first-order valence-electron chi connectivity index (χ1n) is 14.3. The number of alkyl halides is 9. The molecule has 1 spiro atoms. The van der Waals surface area contributed by atoms with Crippen molar-refractivity contribution in [3.05, 3.63) is 71.4 Å². The van der Waals surface area contributed by atoms with E-state index in [1.807, 2.05) is 37.3 Å². The van der Waals surface area contributed by atoms with Crippen molar-refractivity contribution in [2.75, 3.05) is 38.7 Å². The van der Waals surface area contributed by atoms with Crippen LogP contribution in [0.15, 0.2) is 48.7 Å². The molecule has 1 atom stereocenters. The summed E-state index contributed by atoms with van der Waals surface area (Å²) in [7, 11) is 3.93. The van der Waals surface area contributed by atoms with Crippen LogP contribution in [0.5, 0.6) is 0 Å². The number of carboxylic acids is 3. The van der Waals surface area contributed by atoms with E-state index in [-0.39, 0.29) is 11.2 Å². The predicted molar refractivity (Wildman–Crippen MR) is 158 cm³/mol. The van der Waals surface area contributed by atoms with E-state index in [0.717, 1.165) is 60.2 Å². The van der Waals surface area contributed by atoms with Gasteiger partial charge in [-0.25, -0.2) is 28.7 Å². The highest BCUT2D eigenvalue weighted by Crippen LogP contribution is 2.40. The van der Waals surface area contributed by atoms with Gasteiger partial charge in [0.1, 0.15) is 5.82 Å². The number of pyridine rings is 1. The number of aromatic nitrogens is 3. The standard InChI is InChI=1S/C24H26FN5O.3C2HF3O2/c1-29(2)23-26-12-18-14-31-16-24(22(18)28-23)10-11-30(15-24)13-20-4-3-5-21(27-20)17-6-8-19(25)9-7-17;3*3-2(4,5)1(6)7/h3-9,12H,10-11,13-16H2,1-2H3;3*(H,6,7). The second-order valence-electron chi connectivity index (χ2n) is 11.1. The van der Waals surface area contributed by atoms with Gasteiger partial charge in [-0.15, -0.1) is 0 Å². The Bertz CT molecular complexity index is 1630. The lowest BCUT2D eigenvalue weighted by atomic mass is 9.80. The van der Waals surface area contributed by atoms with Gasteiger partial charge in [0.2, 0.25) is 5.95 Å². The number of nitrogens with zero attached hydrogens (tertiary/aromatic N) is 5. The summed E-state index contributed by atoms with van der Waals surface area (Å²) in [6.45, 7) is 3.87. The van der Waals surface area contributed by atoms with Crippen LogP contribution in [-0.2, 0) is 37.7 Å². The molecule has 5 rings (SSSR count). The number of carbonyl (C=O) groups is 3. The lowest BCUT2D eigenvalue weighted by Gasteiger charge is -2.34. The van der Waals surface area contributed by atoms with Crippen LogP contribution in [-0.4, -0.2) is 105 Å². The van der Waals surface area contributed by atoms with Gasteiger partial charge in [-0.05, 0) is 49.4 Å². The van der Waals surface area contributed by atoms with E-state index < -0.39 is 36.4 Å². The maximum absolute atomic E-state index is 13.3. The maximum atomic E-state index is 13.3. The summed E-state index contributed by atoms with van der Waals surface area (Å²) in [6, 6.07) is 12.5. The molecule has 1 saturated heterocycles. The molecule has 0 bridgehead atoms. The van der Waals surface area contributed by atoms with Gasteiger partial charge in [-0.2, -0.15) is 39.5 Å². The SMILES string of the molecule is CN(C)c1ncc2c(n1)C1(CCN(Cc3cccc(-c4ccc(F)cc4)n3)C1)COC2.O=C(O)C(F)(F)F.O=C(O)C(F)(F)F.O=C(O)C(F)(F)F. The number of hydrogen-bond donors (Lipinski definition) is 3. The molecule has 2 aliphatic heterocycles. The van der Waals surface area contributed by atoms with Crippen molar-refractivity contribution < 1.29 is 78.3 Å². The molecule has 0 saturated carbocycles. The Balaban J connectivity index is 0.000000365. The van der Waals surface area contributed by atoms with Crippen LogP contribution in [0, 0.1) is 5.82 Å². The molecule has 0 amide bonds. The second kappa shape index (κ2) is 17.4. The Morgan fingerprint density at radius 2 is 1.37 bits per heavy atom. The van der Waals surface area contributed by atoms with Crippen LogP contribution < -0.4 is 4.90 Å². The minimum absolute atomic E-state index is 0.101. The number of hydrogen-bond acceptors (Lipinski definition) is 9. The van der Waals surface area contributed by atoms with Crippen LogP contribution in [0.25, 0.3) is 11.3 Å². The van der Waals surface area contributed by atoms with Gasteiger partial charge in [0.15, 0.2) is 0 Å². The van der Waals surface area contributed by atoms with Gasteiger partial charge in [0, 0.05) is 44.5 Å². The zero-order valence-electron chi connectivity index (χ0n) is 26.9. The molecule has 52 heavy (non-hydrogen) atoms. The first-order chi connectivity index (χ1) is 23.9. The highest BCUT2D eigenvalue weighted by molar-refractivity contribution is 5.73. The van der Waals surface area contributed by atoms with Gasteiger partial charge in [0.25, 0.3) is 0 Å². The average Bonchev–Trinajstić information content (AvgIpc) is 3.43. The summed E-state index contributed by atoms with van der Waals surface area (Å²) >= 11 is 0. The van der Waals surface area contributed by atoms with Gasteiger partial charge in [-0.1, -0.05) is 6.07 Å². The van der Waals surface area contributed by atoms with Crippen molar-refractivity contribution >= 4 is 23.9 Å². The molecule has 1 aromatic carbocycles. The third kappa shape index (κ3) is 12.9. The fraction of sp³-hybridized carbons (Fsp3) is 0.400. The van der Waals surface area contributed by atoms with Gasteiger partial charge < -0.3 is 25.0 Å². The summed E-state index contributed by atoms with van der Waals surface area (Å²) in [4.78, 5) is 45.3. The minimum atomic E-state index is -5.08. The Labute approximate surface area is 287 Å². The summed E-state index contributed by atoms with van der Waals surface area (Å²) in [6.07, 6.45) is -12.3. The highest BCUT2D eigenvalue weighted by Gasteiger charge is 2.45. The molecule has 2 aromatic heterocycles. The quantitative estimate of drug-likeness (QED) is 0.294. The molecular weight excluding hydrogens is 732 g/mol. The molecule has 1 unspecified atom stereocenters. The molecule has 0 radical (unpaired) electrons. The molecule has 286 valence electrons. The number of aliphatic carboxylic acids is 3. The highest BCUT2D eigenvalue weighted by atomic mass is 19.4. The Morgan fingerprint density at radius 1 is 0.846 bits per heavy atom. The third-order valence-corrected chi connectivity index (χ3v) is 6.88. The van der Waals surface area contributed by atoms with Gasteiger partial charge >= 0.3 is 36.4 Å². The van der Waals surface area contributed by atoms with Crippen molar-refractivity contribution in [3.63, 3.8) is 0 Å². The van der Waals surface area contributed by atoms with Crippen molar-refractivity contribution in [1.82, 2.24) is 19.9 Å². The van der Waals surface area contributed by atoms with E-state index in [2.05, 4.69) is 16.0 Å². The lowest BCUT2D eigenvalue weighted by molar-refractivity contribution is -0.193. The van der Waals surface area contributed by atoms with E-state index in [4.69, 9.17) is 44.4 Å². The average molecular weight is 762 g/mol. The molecule has 22 heteroatoms. The fourth-order valence-electron chi connectivity index (χ4n) is 4.58. The third-order valence-electron chi connectivity index (χ3n) is 6.88. The second-order valence-corrected chi connectivity index (χ2v) is 11.1. The number of likely N-dealkylation sites (tertiary alicyclic amines) is 1. The lowest BCUT2D eigenvalue weighted by Crippen LogP contribution is -2.40. The van der Waals surface area contributed by atoms with Crippen molar-refractivity contribution in [2.24, 2.45) is 0 Å². The Morgan fingerprint density at radius 3 is 1.85 bits per heavy atom. The van der Waals surface area contributed by atoms with Crippen LogP contribution in [0.3, 0.4) is 0 Å². The van der Waals surface area contributed by atoms with Gasteiger partial charge in [0.05, 0.1) is 35.7 Å². The Hall–Kier alpha value is -5.12. The molecule has 3 N–H and O–H groups in total. The number of rotatable bonds is 4. The van der Waals surface area contributed by atoms with Crippen LogP contribution >= 0.6 is 0 Å². The number of ether oxygens (including phenoxy) is 1. The van der Waals surface area contributed by atoms with Crippen molar-refractivity contribution in [3.8, 4) is 11.3 Å². The largest absolute Gasteiger partial charge is 0.490 e. The fourth-order valence-corrected chi connectivity index (χ4v) is 4.58.